The zero-order valence-corrected chi connectivity index (χ0v) is 17.9. The molecule has 0 saturated heterocycles. The summed E-state index contributed by atoms with van der Waals surface area (Å²) in [6.07, 6.45) is 1.99. The van der Waals surface area contributed by atoms with E-state index >= 15 is 0 Å². The Morgan fingerprint density at radius 2 is 1.73 bits per heavy atom. The van der Waals surface area contributed by atoms with Crippen LogP contribution in [-0.2, 0) is 29.8 Å². The van der Waals surface area contributed by atoms with Crippen LogP contribution >= 0.6 is 0 Å². The second-order valence-electron chi connectivity index (χ2n) is 7.65. The third kappa shape index (κ3) is 5.46. The van der Waals surface area contributed by atoms with Crippen LogP contribution in [-0.4, -0.2) is 40.0 Å². The average Bonchev–Trinajstić information content (AvgIpc) is 3.53. The molecule has 1 fully saturated rings. The van der Waals surface area contributed by atoms with E-state index in [9.17, 15) is 18.0 Å². The number of sulfonamides is 1. The SMILES string of the molecule is Cc1ccc(S(=O)(=O)NCC(=O)OCC(=O)NCC2(c3ccccc3)CC2)cc1C. The largest absolute Gasteiger partial charge is 0.455 e. The Morgan fingerprint density at radius 1 is 1.03 bits per heavy atom. The molecule has 0 radical (unpaired) electrons. The Balaban J connectivity index is 1.42. The minimum atomic E-state index is -3.84. The minimum Gasteiger partial charge on any atom is -0.455 e. The van der Waals surface area contributed by atoms with Gasteiger partial charge in [0.15, 0.2) is 6.61 Å². The number of carbonyl (C=O) groups is 2. The summed E-state index contributed by atoms with van der Waals surface area (Å²) in [5.74, 6) is -1.23. The van der Waals surface area contributed by atoms with Crippen LogP contribution in [0.15, 0.2) is 53.4 Å². The van der Waals surface area contributed by atoms with Gasteiger partial charge in [0.2, 0.25) is 10.0 Å². The summed E-state index contributed by atoms with van der Waals surface area (Å²) in [7, 11) is -3.84. The van der Waals surface area contributed by atoms with E-state index in [1.165, 1.54) is 17.7 Å². The topological polar surface area (TPSA) is 102 Å². The number of hydrogen-bond donors (Lipinski definition) is 2. The van der Waals surface area contributed by atoms with Crippen LogP contribution in [0.2, 0.25) is 0 Å². The van der Waals surface area contributed by atoms with Gasteiger partial charge in [0, 0.05) is 12.0 Å². The number of benzene rings is 2. The number of rotatable bonds is 9. The van der Waals surface area contributed by atoms with Crippen LogP contribution in [0, 0.1) is 13.8 Å². The Morgan fingerprint density at radius 3 is 2.37 bits per heavy atom. The molecule has 0 aliphatic heterocycles. The van der Waals surface area contributed by atoms with Crippen molar-refractivity contribution in [2.45, 2.75) is 37.0 Å². The van der Waals surface area contributed by atoms with Crippen molar-refractivity contribution in [2.24, 2.45) is 0 Å². The summed E-state index contributed by atoms with van der Waals surface area (Å²) in [5.41, 5.74) is 2.95. The lowest BCUT2D eigenvalue weighted by atomic mass is 9.96. The molecule has 0 spiro atoms. The Bertz CT molecular complexity index is 1030. The Labute approximate surface area is 176 Å². The zero-order valence-electron chi connectivity index (χ0n) is 17.1. The van der Waals surface area contributed by atoms with Gasteiger partial charge < -0.3 is 10.1 Å². The molecule has 1 aliphatic carbocycles. The van der Waals surface area contributed by atoms with Crippen LogP contribution in [0.1, 0.15) is 29.5 Å². The number of carbonyl (C=O) groups excluding carboxylic acids is 2. The van der Waals surface area contributed by atoms with E-state index in [2.05, 4.69) is 10.0 Å². The van der Waals surface area contributed by atoms with Gasteiger partial charge in [-0.15, -0.1) is 0 Å². The molecular weight excluding hydrogens is 404 g/mol. The number of hydrogen-bond acceptors (Lipinski definition) is 5. The summed E-state index contributed by atoms with van der Waals surface area (Å²) in [6, 6.07) is 14.7. The number of amides is 1. The first kappa shape index (κ1) is 22.0. The molecule has 8 heteroatoms. The van der Waals surface area contributed by atoms with Gasteiger partial charge in [0.1, 0.15) is 6.54 Å². The molecule has 0 aromatic heterocycles. The Hall–Kier alpha value is -2.71. The number of nitrogens with one attached hydrogen (secondary N) is 2. The molecule has 7 nitrogen and oxygen atoms in total. The second kappa shape index (κ2) is 8.97. The highest BCUT2D eigenvalue weighted by molar-refractivity contribution is 7.89. The summed E-state index contributed by atoms with van der Waals surface area (Å²) >= 11 is 0. The van der Waals surface area contributed by atoms with Crippen LogP contribution in [0.5, 0.6) is 0 Å². The maximum absolute atomic E-state index is 12.3. The van der Waals surface area contributed by atoms with Crippen molar-refractivity contribution in [1.29, 1.82) is 0 Å². The molecule has 2 aromatic rings. The third-order valence-electron chi connectivity index (χ3n) is 5.42. The van der Waals surface area contributed by atoms with Crippen LogP contribution in [0.4, 0.5) is 0 Å². The van der Waals surface area contributed by atoms with Gasteiger partial charge in [0.25, 0.3) is 5.91 Å². The first-order valence-electron chi connectivity index (χ1n) is 9.77. The van der Waals surface area contributed by atoms with Crippen molar-refractivity contribution in [3.8, 4) is 0 Å². The van der Waals surface area contributed by atoms with Gasteiger partial charge in [0.05, 0.1) is 4.90 Å². The lowest BCUT2D eigenvalue weighted by Gasteiger charge is -2.16. The fourth-order valence-electron chi connectivity index (χ4n) is 3.14. The van der Waals surface area contributed by atoms with Gasteiger partial charge in [-0.25, -0.2) is 8.42 Å². The van der Waals surface area contributed by atoms with Crippen molar-refractivity contribution in [3.05, 3.63) is 65.2 Å². The molecule has 1 saturated carbocycles. The molecule has 0 unspecified atom stereocenters. The molecule has 1 aliphatic rings. The first-order valence-corrected chi connectivity index (χ1v) is 11.2. The molecule has 3 rings (SSSR count). The predicted octanol–water partition coefficient (Wildman–Crippen LogP) is 1.97. The molecule has 0 atom stereocenters. The summed E-state index contributed by atoms with van der Waals surface area (Å²) in [4.78, 5) is 23.9. The summed E-state index contributed by atoms with van der Waals surface area (Å²) in [5, 5.41) is 2.79. The molecular formula is C22H26N2O5S. The van der Waals surface area contributed by atoms with Gasteiger partial charge in [-0.3, -0.25) is 9.59 Å². The van der Waals surface area contributed by atoms with E-state index < -0.39 is 35.1 Å². The van der Waals surface area contributed by atoms with Gasteiger partial charge in [-0.05, 0) is 55.5 Å². The van der Waals surface area contributed by atoms with E-state index in [-0.39, 0.29) is 10.3 Å². The quantitative estimate of drug-likeness (QED) is 0.593. The number of esters is 1. The third-order valence-corrected chi connectivity index (χ3v) is 6.82. The number of ether oxygens (including phenoxy) is 1. The van der Waals surface area contributed by atoms with E-state index in [0.717, 1.165) is 24.0 Å². The minimum absolute atomic E-state index is 0.0390. The highest BCUT2D eigenvalue weighted by atomic mass is 32.2. The van der Waals surface area contributed by atoms with Crippen molar-refractivity contribution >= 4 is 21.9 Å². The van der Waals surface area contributed by atoms with Crippen LogP contribution in [0.25, 0.3) is 0 Å². The van der Waals surface area contributed by atoms with E-state index in [4.69, 9.17) is 4.74 Å². The highest BCUT2D eigenvalue weighted by Crippen LogP contribution is 2.47. The summed E-state index contributed by atoms with van der Waals surface area (Å²) < 4.78 is 31.7. The molecule has 2 N–H and O–H groups in total. The summed E-state index contributed by atoms with van der Waals surface area (Å²) in [6.45, 7) is 3.18. The predicted molar refractivity (Wildman–Crippen MR) is 112 cm³/mol. The van der Waals surface area contributed by atoms with Crippen molar-refractivity contribution in [3.63, 3.8) is 0 Å². The smallest absolute Gasteiger partial charge is 0.321 e. The fraction of sp³-hybridized carbons (Fsp3) is 0.364. The standard InChI is InChI=1S/C22H26N2O5S/c1-16-8-9-19(12-17(16)2)30(27,28)24-13-21(26)29-14-20(25)23-15-22(10-11-22)18-6-4-3-5-7-18/h3-9,12,24H,10-11,13-15H2,1-2H3,(H,23,25). The average molecular weight is 431 g/mol. The number of aryl methyl sites for hydroxylation is 2. The molecule has 1 amide bonds. The van der Waals surface area contributed by atoms with Crippen LogP contribution < -0.4 is 10.0 Å². The van der Waals surface area contributed by atoms with Gasteiger partial charge >= 0.3 is 5.97 Å². The van der Waals surface area contributed by atoms with Gasteiger partial charge in [-0.1, -0.05) is 36.4 Å². The van der Waals surface area contributed by atoms with Crippen molar-refractivity contribution in [1.82, 2.24) is 10.0 Å². The Kier molecular flexibility index (Phi) is 6.58. The molecule has 2 aromatic carbocycles. The van der Waals surface area contributed by atoms with Crippen molar-refractivity contribution in [2.75, 3.05) is 19.7 Å². The van der Waals surface area contributed by atoms with Crippen LogP contribution in [0.3, 0.4) is 0 Å². The highest BCUT2D eigenvalue weighted by Gasteiger charge is 2.44. The van der Waals surface area contributed by atoms with E-state index in [0.29, 0.717) is 6.54 Å². The first-order chi connectivity index (χ1) is 14.2. The van der Waals surface area contributed by atoms with Gasteiger partial charge in [-0.2, -0.15) is 4.72 Å². The maximum atomic E-state index is 12.3. The fourth-order valence-corrected chi connectivity index (χ4v) is 4.20. The normalized spacial score (nSPS) is 14.7. The lowest BCUT2D eigenvalue weighted by molar-refractivity contribution is -0.147. The molecule has 160 valence electrons. The molecule has 0 heterocycles. The second-order valence-corrected chi connectivity index (χ2v) is 9.42. The van der Waals surface area contributed by atoms with E-state index in [1.54, 1.807) is 6.07 Å². The monoisotopic (exact) mass is 430 g/mol. The zero-order chi connectivity index (χ0) is 21.8. The lowest BCUT2D eigenvalue weighted by Crippen LogP contribution is -2.37. The maximum Gasteiger partial charge on any atom is 0.321 e. The molecule has 30 heavy (non-hydrogen) atoms. The molecule has 0 bridgehead atoms. The van der Waals surface area contributed by atoms with E-state index in [1.807, 2.05) is 44.2 Å². The van der Waals surface area contributed by atoms with Crippen molar-refractivity contribution < 1.29 is 22.7 Å².